The molecule has 1 aliphatic rings. The molecule has 19 heavy (non-hydrogen) atoms. The number of benzene rings is 1. The number of carbonyl (C=O) groups is 1. The number of nitrogens with zero attached hydrogens (tertiary/aromatic N) is 1. The Labute approximate surface area is 112 Å². The molecule has 1 amide bonds. The van der Waals surface area contributed by atoms with Crippen molar-refractivity contribution in [3.63, 3.8) is 0 Å². The average molecular weight is 284 g/mol. The summed E-state index contributed by atoms with van der Waals surface area (Å²) in [7, 11) is -3.75. The molecule has 1 heterocycles. The van der Waals surface area contributed by atoms with Crippen molar-refractivity contribution < 1.29 is 17.9 Å². The second-order valence-electron chi connectivity index (χ2n) is 4.25. The van der Waals surface area contributed by atoms with Crippen molar-refractivity contribution in [3.8, 4) is 0 Å². The smallest absolute Gasteiger partial charge is 0.269 e. The van der Waals surface area contributed by atoms with E-state index >= 15 is 0 Å². The number of hydrogen-bond acceptors (Lipinski definition) is 5. The van der Waals surface area contributed by atoms with Gasteiger partial charge < -0.3 is 10.5 Å². The van der Waals surface area contributed by atoms with Crippen LogP contribution in [0.1, 0.15) is 23.7 Å². The van der Waals surface area contributed by atoms with Crippen LogP contribution in [0.25, 0.3) is 0 Å². The highest BCUT2D eigenvalue weighted by molar-refractivity contribution is 7.90. The minimum atomic E-state index is -3.75. The van der Waals surface area contributed by atoms with Crippen LogP contribution in [0.5, 0.6) is 0 Å². The first kappa shape index (κ1) is 13.8. The second-order valence-corrected chi connectivity index (χ2v) is 6.08. The summed E-state index contributed by atoms with van der Waals surface area (Å²) in [5, 5.41) is 0. The second kappa shape index (κ2) is 5.18. The maximum Gasteiger partial charge on any atom is 0.269 e. The first-order valence-electron chi connectivity index (χ1n) is 6.03. The first-order valence-corrected chi connectivity index (χ1v) is 7.47. The summed E-state index contributed by atoms with van der Waals surface area (Å²) in [6, 6.07) is 4.23. The number of ether oxygens (including phenoxy) is 1. The van der Waals surface area contributed by atoms with Gasteiger partial charge in [-0.05, 0) is 24.6 Å². The molecule has 2 N–H and O–H groups in total. The van der Waals surface area contributed by atoms with Crippen molar-refractivity contribution in [1.29, 1.82) is 0 Å². The fraction of sp³-hybridized carbons (Fsp3) is 0.417. The van der Waals surface area contributed by atoms with Gasteiger partial charge in [0.2, 0.25) is 0 Å². The van der Waals surface area contributed by atoms with E-state index in [4.69, 9.17) is 10.5 Å². The number of nitrogen functional groups attached to an aromatic ring is 1. The minimum Gasteiger partial charge on any atom is -0.399 e. The van der Waals surface area contributed by atoms with Crippen molar-refractivity contribution in [2.45, 2.75) is 18.2 Å². The molecule has 0 spiro atoms. The zero-order chi connectivity index (χ0) is 14.0. The molecular formula is C12H16N2O4S. The van der Waals surface area contributed by atoms with Gasteiger partial charge in [0.1, 0.15) is 4.90 Å². The molecule has 0 aromatic heterocycles. The Balaban J connectivity index is 2.23. The minimum absolute atomic E-state index is 0.0159. The lowest BCUT2D eigenvalue weighted by atomic mass is 10.2. The van der Waals surface area contributed by atoms with Gasteiger partial charge in [0.05, 0.1) is 18.7 Å². The highest BCUT2D eigenvalue weighted by Crippen LogP contribution is 2.31. The lowest BCUT2D eigenvalue weighted by Gasteiger charge is -2.14. The predicted octanol–water partition coefficient (Wildman–Crippen LogP) is 0.840. The molecule has 6 nitrogen and oxygen atoms in total. The molecule has 0 saturated heterocycles. The summed E-state index contributed by atoms with van der Waals surface area (Å²) in [4.78, 5) is 12.1. The van der Waals surface area contributed by atoms with Crippen LogP contribution in [0.3, 0.4) is 0 Å². The molecule has 2 rings (SSSR count). The fourth-order valence-corrected chi connectivity index (χ4v) is 3.45. The number of hydrogen-bond donors (Lipinski definition) is 1. The third-order valence-electron chi connectivity index (χ3n) is 2.82. The Morgan fingerprint density at radius 2 is 2.05 bits per heavy atom. The number of sulfonamides is 1. The van der Waals surface area contributed by atoms with E-state index in [1.807, 2.05) is 6.92 Å². The molecule has 1 aromatic carbocycles. The van der Waals surface area contributed by atoms with E-state index in [9.17, 15) is 13.2 Å². The number of anilines is 1. The van der Waals surface area contributed by atoms with Crippen molar-refractivity contribution >= 4 is 21.6 Å². The molecular weight excluding hydrogens is 268 g/mol. The maximum atomic E-state index is 12.2. The van der Waals surface area contributed by atoms with E-state index in [1.54, 1.807) is 0 Å². The molecule has 0 aliphatic carbocycles. The van der Waals surface area contributed by atoms with Gasteiger partial charge >= 0.3 is 0 Å². The largest absolute Gasteiger partial charge is 0.399 e. The van der Waals surface area contributed by atoms with Crippen LogP contribution in [-0.2, 0) is 14.8 Å². The lowest BCUT2D eigenvalue weighted by molar-refractivity contribution is 0.0799. The normalized spacial score (nSPS) is 16.7. The maximum absolute atomic E-state index is 12.2. The van der Waals surface area contributed by atoms with Crippen LogP contribution in [0.2, 0.25) is 0 Å². The van der Waals surface area contributed by atoms with Gasteiger partial charge in [-0.2, -0.15) is 0 Å². The van der Waals surface area contributed by atoms with E-state index < -0.39 is 15.9 Å². The summed E-state index contributed by atoms with van der Waals surface area (Å²) in [6.45, 7) is 2.72. The molecule has 1 aliphatic heterocycles. The van der Waals surface area contributed by atoms with Crippen LogP contribution in [0, 0.1) is 0 Å². The molecule has 0 fully saturated rings. The van der Waals surface area contributed by atoms with Crippen LogP contribution in [-0.4, -0.2) is 38.4 Å². The third-order valence-corrected chi connectivity index (χ3v) is 4.66. The van der Waals surface area contributed by atoms with Gasteiger partial charge in [-0.25, -0.2) is 12.7 Å². The summed E-state index contributed by atoms with van der Waals surface area (Å²) in [5.74, 6) is -0.539. The number of amides is 1. The van der Waals surface area contributed by atoms with Crippen molar-refractivity contribution in [2.24, 2.45) is 0 Å². The Morgan fingerprint density at radius 3 is 2.74 bits per heavy atom. The fourth-order valence-electron chi connectivity index (χ4n) is 1.92. The topological polar surface area (TPSA) is 89.7 Å². The number of rotatable bonds is 5. The van der Waals surface area contributed by atoms with Gasteiger partial charge in [0.25, 0.3) is 15.9 Å². The number of fused-ring (bicyclic) bond motifs is 1. The number of nitrogens with two attached hydrogens (primary N) is 1. The average Bonchev–Trinajstić information content (AvgIpc) is 2.54. The third kappa shape index (κ3) is 2.43. The van der Waals surface area contributed by atoms with Gasteiger partial charge in [-0.3, -0.25) is 4.79 Å². The van der Waals surface area contributed by atoms with Crippen LogP contribution in [0.4, 0.5) is 5.69 Å². The summed E-state index contributed by atoms with van der Waals surface area (Å²) < 4.78 is 30.4. The van der Waals surface area contributed by atoms with Gasteiger partial charge in [0, 0.05) is 12.3 Å². The van der Waals surface area contributed by atoms with Crippen LogP contribution in [0.15, 0.2) is 23.1 Å². The van der Waals surface area contributed by atoms with E-state index in [1.165, 1.54) is 18.2 Å². The highest BCUT2D eigenvalue weighted by Gasteiger charge is 2.40. The van der Waals surface area contributed by atoms with Crippen molar-refractivity contribution in [2.75, 3.05) is 25.5 Å². The summed E-state index contributed by atoms with van der Waals surface area (Å²) >= 11 is 0. The van der Waals surface area contributed by atoms with Gasteiger partial charge in [-0.15, -0.1) is 0 Å². The van der Waals surface area contributed by atoms with E-state index in [0.29, 0.717) is 12.3 Å². The van der Waals surface area contributed by atoms with Gasteiger partial charge in [0.15, 0.2) is 0 Å². The summed E-state index contributed by atoms with van der Waals surface area (Å²) in [6.07, 6.45) is 0.845. The molecule has 104 valence electrons. The molecule has 1 aromatic rings. The quantitative estimate of drug-likeness (QED) is 0.639. The molecule has 0 bridgehead atoms. The monoisotopic (exact) mass is 284 g/mol. The van der Waals surface area contributed by atoms with E-state index in [-0.39, 0.29) is 23.6 Å². The first-order chi connectivity index (χ1) is 8.98. The zero-order valence-corrected chi connectivity index (χ0v) is 11.4. The van der Waals surface area contributed by atoms with E-state index in [0.717, 1.165) is 10.7 Å². The lowest BCUT2D eigenvalue weighted by Crippen LogP contribution is -2.33. The van der Waals surface area contributed by atoms with Crippen LogP contribution >= 0.6 is 0 Å². The zero-order valence-electron chi connectivity index (χ0n) is 10.6. The number of carbonyl (C=O) groups excluding carboxylic acids is 1. The van der Waals surface area contributed by atoms with Crippen molar-refractivity contribution in [1.82, 2.24) is 4.31 Å². The van der Waals surface area contributed by atoms with E-state index in [2.05, 4.69) is 0 Å². The Kier molecular flexibility index (Phi) is 3.77. The Hall–Kier alpha value is -1.60. The Morgan fingerprint density at radius 1 is 1.32 bits per heavy atom. The molecule has 0 unspecified atom stereocenters. The van der Waals surface area contributed by atoms with Crippen molar-refractivity contribution in [3.05, 3.63) is 23.8 Å². The van der Waals surface area contributed by atoms with Crippen LogP contribution < -0.4 is 5.73 Å². The Bertz CT molecular complexity index is 598. The molecule has 7 heteroatoms. The van der Waals surface area contributed by atoms with Gasteiger partial charge in [-0.1, -0.05) is 6.92 Å². The SMILES string of the molecule is CCCOCCN1C(=O)c2cc(N)ccc2S1(=O)=O. The predicted molar refractivity (Wildman–Crippen MR) is 70.2 cm³/mol. The molecule has 0 radical (unpaired) electrons. The molecule has 0 saturated carbocycles. The standard InChI is InChI=1S/C12H16N2O4S/c1-2-6-18-7-5-14-12(15)10-8-9(13)3-4-11(10)19(14,16)17/h3-4,8H,2,5-7,13H2,1H3. The molecule has 0 atom stereocenters. The highest BCUT2D eigenvalue weighted by atomic mass is 32.2. The summed E-state index contributed by atoms with van der Waals surface area (Å²) in [5.41, 5.74) is 6.08.